The van der Waals surface area contributed by atoms with Crippen LogP contribution in [0.5, 0.6) is 5.88 Å². The molecular formula is C16H26N2O. The second-order valence-electron chi connectivity index (χ2n) is 5.57. The number of aromatic nitrogens is 1. The first-order valence-corrected chi connectivity index (χ1v) is 7.54. The monoisotopic (exact) mass is 262 g/mol. The van der Waals surface area contributed by atoms with Crippen LogP contribution in [0.4, 0.5) is 0 Å². The molecule has 2 atom stereocenters. The maximum Gasteiger partial charge on any atom is 0.213 e. The van der Waals surface area contributed by atoms with Crippen LogP contribution in [0.25, 0.3) is 0 Å². The summed E-state index contributed by atoms with van der Waals surface area (Å²) >= 11 is 0. The number of hydrogen-bond acceptors (Lipinski definition) is 3. The Balaban J connectivity index is 1.81. The number of methoxy groups -OCH3 is 1. The van der Waals surface area contributed by atoms with E-state index in [1.807, 2.05) is 12.3 Å². The van der Waals surface area contributed by atoms with Crippen LogP contribution in [0.2, 0.25) is 0 Å². The highest BCUT2D eigenvalue weighted by Gasteiger charge is 2.17. The standard InChI is InChI=1S/C16H26N2O/c1-3-13-5-4-6-15(8-7-13)18-12-14-9-10-17-16(11-14)19-2/h9-11,13,15,18H,3-8,12H2,1-2H3. The summed E-state index contributed by atoms with van der Waals surface area (Å²) in [6.07, 6.45) is 9.96. The zero-order valence-electron chi connectivity index (χ0n) is 12.2. The van der Waals surface area contributed by atoms with Gasteiger partial charge in [0.1, 0.15) is 0 Å². The van der Waals surface area contributed by atoms with E-state index < -0.39 is 0 Å². The molecule has 0 amide bonds. The fourth-order valence-electron chi connectivity index (χ4n) is 2.93. The summed E-state index contributed by atoms with van der Waals surface area (Å²) in [5.74, 6) is 1.65. The Hall–Kier alpha value is -1.09. The molecule has 1 fully saturated rings. The Bertz CT molecular complexity index is 381. The molecule has 1 aromatic rings. The molecule has 1 aliphatic carbocycles. The first-order valence-electron chi connectivity index (χ1n) is 7.54. The minimum Gasteiger partial charge on any atom is -0.481 e. The highest BCUT2D eigenvalue weighted by molar-refractivity contribution is 5.20. The number of ether oxygens (including phenoxy) is 1. The number of nitrogens with one attached hydrogen (secondary N) is 1. The van der Waals surface area contributed by atoms with Crippen LogP contribution in [0.3, 0.4) is 0 Å². The second-order valence-corrected chi connectivity index (χ2v) is 5.57. The highest BCUT2D eigenvalue weighted by atomic mass is 16.5. The van der Waals surface area contributed by atoms with Crippen LogP contribution in [-0.4, -0.2) is 18.1 Å². The van der Waals surface area contributed by atoms with Crippen molar-refractivity contribution in [3.8, 4) is 5.88 Å². The van der Waals surface area contributed by atoms with E-state index in [-0.39, 0.29) is 0 Å². The molecule has 0 spiro atoms. The summed E-state index contributed by atoms with van der Waals surface area (Å²) < 4.78 is 5.16. The van der Waals surface area contributed by atoms with Crippen LogP contribution in [-0.2, 0) is 6.54 Å². The van der Waals surface area contributed by atoms with Crippen molar-refractivity contribution in [3.63, 3.8) is 0 Å². The highest BCUT2D eigenvalue weighted by Crippen LogP contribution is 2.25. The van der Waals surface area contributed by atoms with Gasteiger partial charge in [0.15, 0.2) is 0 Å². The average molecular weight is 262 g/mol. The molecule has 3 heteroatoms. The Morgan fingerprint density at radius 2 is 2.21 bits per heavy atom. The third kappa shape index (κ3) is 4.50. The van der Waals surface area contributed by atoms with Crippen LogP contribution in [0.15, 0.2) is 18.3 Å². The van der Waals surface area contributed by atoms with Crippen molar-refractivity contribution in [2.75, 3.05) is 7.11 Å². The van der Waals surface area contributed by atoms with Gasteiger partial charge in [-0.3, -0.25) is 0 Å². The molecule has 0 aromatic carbocycles. The number of pyridine rings is 1. The van der Waals surface area contributed by atoms with E-state index in [0.29, 0.717) is 11.9 Å². The van der Waals surface area contributed by atoms with Crippen molar-refractivity contribution in [2.45, 2.75) is 58.0 Å². The number of rotatable bonds is 5. The van der Waals surface area contributed by atoms with E-state index in [2.05, 4.69) is 23.3 Å². The van der Waals surface area contributed by atoms with E-state index >= 15 is 0 Å². The number of hydrogen-bond donors (Lipinski definition) is 1. The Morgan fingerprint density at radius 1 is 1.32 bits per heavy atom. The van der Waals surface area contributed by atoms with E-state index in [1.54, 1.807) is 7.11 Å². The maximum atomic E-state index is 5.16. The molecular weight excluding hydrogens is 236 g/mol. The van der Waals surface area contributed by atoms with Gasteiger partial charge < -0.3 is 10.1 Å². The van der Waals surface area contributed by atoms with Crippen LogP contribution in [0, 0.1) is 5.92 Å². The molecule has 106 valence electrons. The predicted octanol–water partition coefficient (Wildman–Crippen LogP) is 3.54. The van der Waals surface area contributed by atoms with E-state index in [1.165, 1.54) is 44.1 Å². The van der Waals surface area contributed by atoms with Crippen molar-refractivity contribution in [2.24, 2.45) is 5.92 Å². The lowest BCUT2D eigenvalue weighted by atomic mass is 9.98. The van der Waals surface area contributed by atoms with E-state index in [0.717, 1.165) is 12.5 Å². The summed E-state index contributed by atoms with van der Waals surface area (Å²) in [5, 5.41) is 3.69. The zero-order valence-corrected chi connectivity index (χ0v) is 12.2. The normalized spacial score (nSPS) is 23.9. The molecule has 2 rings (SSSR count). The van der Waals surface area contributed by atoms with Crippen LogP contribution < -0.4 is 10.1 Å². The van der Waals surface area contributed by atoms with Gasteiger partial charge in [-0.25, -0.2) is 4.98 Å². The average Bonchev–Trinajstić information content (AvgIpc) is 2.70. The molecule has 1 heterocycles. The largest absolute Gasteiger partial charge is 0.481 e. The van der Waals surface area contributed by atoms with Gasteiger partial charge in [0.05, 0.1) is 7.11 Å². The van der Waals surface area contributed by atoms with E-state index in [4.69, 9.17) is 4.74 Å². The van der Waals surface area contributed by atoms with Crippen LogP contribution >= 0.6 is 0 Å². The first kappa shape index (κ1) is 14.3. The Labute approximate surface area is 116 Å². The maximum absolute atomic E-state index is 5.16. The van der Waals surface area contributed by atoms with Crippen LogP contribution in [0.1, 0.15) is 51.0 Å². The molecule has 0 saturated heterocycles. The summed E-state index contributed by atoms with van der Waals surface area (Å²) in [6.45, 7) is 3.24. The van der Waals surface area contributed by atoms with Gasteiger partial charge in [0, 0.05) is 24.8 Å². The predicted molar refractivity (Wildman–Crippen MR) is 78.3 cm³/mol. The lowest BCUT2D eigenvalue weighted by molar-refractivity contribution is 0.396. The van der Waals surface area contributed by atoms with Gasteiger partial charge in [-0.1, -0.05) is 26.2 Å². The zero-order chi connectivity index (χ0) is 13.5. The summed E-state index contributed by atoms with van der Waals surface area (Å²) in [6, 6.07) is 4.75. The van der Waals surface area contributed by atoms with Crippen molar-refractivity contribution < 1.29 is 4.74 Å². The SMILES string of the molecule is CCC1CCCC(NCc2ccnc(OC)c2)CC1. The molecule has 1 aromatic heterocycles. The summed E-state index contributed by atoms with van der Waals surface area (Å²) in [7, 11) is 1.66. The van der Waals surface area contributed by atoms with Gasteiger partial charge in [-0.05, 0) is 36.8 Å². The molecule has 1 saturated carbocycles. The molecule has 0 aliphatic heterocycles. The fraction of sp³-hybridized carbons (Fsp3) is 0.688. The van der Waals surface area contributed by atoms with Gasteiger partial charge >= 0.3 is 0 Å². The Kier molecular flexibility index (Phi) is 5.64. The molecule has 2 unspecified atom stereocenters. The van der Waals surface area contributed by atoms with Gasteiger partial charge in [0.25, 0.3) is 0 Å². The topological polar surface area (TPSA) is 34.2 Å². The quantitative estimate of drug-likeness (QED) is 0.824. The van der Waals surface area contributed by atoms with Crippen molar-refractivity contribution in [1.82, 2.24) is 10.3 Å². The molecule has 0 bridgehead atoms. The molecule has 3 nitrogen and oxygen atoms in total. The summed E-state index contributed by atoms with van der Waals surface area (Å²) in [5.41, 5.74) is 1.25. The van der Waals surface area contributed by atoms with Crippen molar-refractivity contribution in [3.05, 3.63) is 23.9 Å². The Morgan fingerprint density at radius 3 is 3.00 bits per heavy atom. The molecule has 19 heavy (non-hydrogen) atoms. The second kappa shape index (κ2) is 7.49. The first-order chi connectivity index (χ1) is 9.31. The molecule has 1 N–H and O–H groups in total. The molecule has 1 aliphatic rings. The van der Waals surface area contributed by atoms with Gasteiger partial charge in [-0.2, -0.15) is 0 Å². The lowest BCUT2D eigenvalue weighted by Crippen LogP contribution is -2.28. The lowest BCUT2D eigenvalue weighted by Gasteiger charge is -2.16. The minimum atomic E-state index is 0.677. The fourth-order valence-corrected chi connectivity index (χ4v) is 2.93. The third-order valence-electron chi connectivity index (χ3n) is 4.27. The third-order valence-corrected chi connectivity index (χ3v) is 4.27. The van der Waals surface area contributed by atoms with Crippen molar-refractivity contribution in [1.29, 1.82) is 0 Å². The van der Waals surface area contributed by atoms with Crippen molar-refractivity contribution >= 4 is 0 Å². The van der Waals surface area contributed by atoms with E-state index in [9.17, 15) is 0 Å². The summed E-state index contributed by atoms with van der Waals surface area (Å²) in [4.78, 5) is 4.14. The smallest absolute Gasteiger partial charge is 0.213 e. The number of nitrogens with zero attached hydrogens (tertiary/aromatic N) is 1. The van der Waals surface area contributed by atoms with Gasteiger partial charge in [-0.15, -0.1) is 0 Å². The molecule has 0 radical (unpaired) electrons. The van der Waals surface area contributed by atoms with Gasteiger partial charge in [0.2, 0.25) is 5.88 Å². The minimum absolute atomic E-state index is 0.677.